The molecule has 0 radical (unpaired) electrons. The zero-order chi connectivity index (χ0) is 13.8. The maximum atomic E-state index is 12.7. The Labute approximate surface area is 107 Å². The van der Waals surface area contributed by atoms with E-state index in [2.05, 4.69) is 0 Å². The van der Waals surface area contributed by atoms with Crippen molar-refractivity contribution in [2.24, 2.45) is 0 Å². The molecule has 102 valence electrons. The van der Waals surface area contributed by atoms with E-state index < -0.39 is 11.7 Å². The predicted octanol–water partition coefficient (Wildman–Crippen LogP) is 4.64. The number of halogens is 3. The number of nitrogens with zero attached hydrogens (tertiary/aromatic N) is 1. The highest BCUT2D eigenvalue weighted by Crippen LogP contribution is 2.34. The second-order valence-electron chi connectivity index (χ2n) is 4.19. The van der Waals surface area contributed by atoms with Gasteiger partial charge in [-0.25, -0.2) is 0 Å². The summed E-state index contributed by atoms with van der Waals surface area (Å²) in [6.07, 6.45) is -2.12. The van der Waals surface area contributed by atoms with Crippen LogP contribution in [0.3, 0.4) is 0 Å². The van der Waals surface area contributed by atoms with Crippen LogP contribution >= 0.6 is 0 Å². The molecule has 4 heteroatoms. The number of hydrogen-bond donors (Lipinski definition) is 0. The highest BCUT2D eigenvalue weighted by Gasteiger charge is 2.33. The lowest BCUT2D eigenvalue weighted by Gasteiger charge is -2.20. The lowest BCUT2D eigenvalue weighted by Crippen LogP contribution is -2.18. The van der Waals surface area contributed by atoms with E-state index in [4.69, 9.17) is 0 Å². The second-order valence-corrected chi connectivity index (χ2v) is 4.19. The summed E-state index contributed by atoms with van der Waals surface area (Å²) >= 11 is 0. The molecule has 0 N–H and O–H groups in total. The summed E-state index contributed by atoms with van der Waals surface area (Å²) in [4.78, 5) is 2.01. The zero-order valence-electron chi connectivity index (χ0n) is 11.1. The Hall–Kier alpha value is -1.19. The molecular formula is C14H20F3N. The fourth-order valence-electron chi connectivity index (χ4n) is 2.09. The van der Waals surface area contributed by atoms with Crippen molar-refractivity contribution in [3.8, 4) is 0 Å². The lowest BCUT2D eigenvalue weighted by atomic mass is 10.1. The first-order chi connectivity index (χ1) is 8.48. The van der Waals surface area contributed by atoms with Gasteiger partial charge in [0.2, 0.25) is 0 Å². The molecular weight excluding hydrogens is 239 g/mol. The predicted molar refractivity (Wildman–Crippen MR) is 69.0 cm³/mol. The molecule has 0 amide bonds. The fraction of sp³-hybridized carbons (Fsp3) is 0.571. The molecule has 2 rings (SSSR count). The minimum Gasteiger partial charge on any atom is -0.372 e. The standard InChI is InChI=1S/C12H14F3N.C2H6/c1-9-4-5-10(16-6-2-3-7-16)8-11(9)12(13,14)15;1-2/h4-5,8H,2-3,6-7H2,1H3;1-2H3. The van der Waals surface area contributed by atoms with Crippen LogP contribution in [-0.2, 0) is 6.18 Å². The van der Waals surface area contributed by atoms with Crippen molar-refractivity contribution in [1.82, 2.24) is 0 Å². The Kier molecular flexibility index (Phi) is 5.05. The third kappa shape index (κ3) is 3.40. The normalized spacial score (nSPS) is 15.3. The SMILES string of the molecule is CC.Cc1ccc(N2CCCC2)cc1C(F)(F)F. The van der Waals surface area contributed by atoms with Gasteiger partial charge in [-0.1, -0.05) is 19.9 Å². The van der Waals surface area contributed by atoms with Crippen molar-refractivity contribution < 1.29 is 13.2 Å². The maximum Gasteiger partial charge on any atom is 0.416 e. The van der Waals surface area contributed by atoms with E-state index in [0.717, 1.165) is 25.9 Å². The third-order valence-electron chi connectivity index (χ3n) is 3.00. The highest BCUT2D eigenvalue weighted by atomic mass is 19.4. The molecule has 1 aromatic rings. The Balaban J connectivity index is 0.000000771. The van der Waals surface area contributed by atoms with E-state index in [0.29, 0.717) is 5.69 Å². The van der Waals surface area contributed by atoms with Crippen LogP contribution in [0.15, 0.2) is 18.2 Å². The summed E-state index contributed by atoms with van der Waals surface area (Å²) < 4.78 is 38.1. The van der Waals surface area contributed by atoms with Gasteiger partial charge in [-0.15, -0.1) is 0 Å². The van der Waals surface area contributed by atoms with Crippen molar-refractivity contribution >= 4 is 5.69 Å². The van der Waals surface area contributed by atoms with Gasteiger partial charge in [0.15, 0.2) is 0 Å². The van der Waals surface area contributed by atoms with Crippen LogP contribution in [0.5, 0.6) is 0 Å². The molecule has 0 aromatic heterocycles. The average molecular weight is 259 g/mol. The van der Waals surface area contributed by atoms with Crippen molar-refractivity contribution in [3.63, 3.8) is 0 Å². The number of anilines is 1. The zero-order valence-corrected chi connectivity index (χ0v) is 11.1. The first-order valence-electron chi connectivity index (χ1n) is 6.41. The first kappa shape index (κ1) is 14.9. The molecule has 1 aliphatic rings. The minimum absolute atomic E-state index is 0.287. The Morgan fingerprint density at radius 3 is 2.11 bits per heavy atom. The van der Waals surface area contributed by atoms with Crippen molar-refractivity contribution in [1.29, 1.82) is 0 Å². The van der Waals surface area contributed by atoms with Gasteiger partial charge < -0.3 is 4.90 Å². The summed E-state index contributed by atoms with van der Waals surface area (Å²) in [5.74, 6) is 0. The van der Waals surface area contributed by atoms with E-state index in [9.17, 15) is 13.2 Å². The number of alkyl halides is 3. The highest BCUT2D eigenvalue weighted by molar-refractivity contribution is 5.52. The quantitative estimate of drug-likeness (QED) is 0.710. The largest absolute Gasteiger partial charge is 0.416 e. The monoisotopic (exact) mass is 259 g/mol. The molecule has 18 heavy (non-hydrogen) atoms. The van der Waals surface area contributed by atoms with Gasteiger partial charge in [0.25, 0.3) is 0 Å². The molecule has 0 bridgehead atoms. The number of benzene rings is 1. The molecule has 1 saturated heterocycles. The van der Waals surface area contributed by atoms with Crippen LogP contribution in [0, 0.1) is 6.92 Å². The van der Waals surface area contributed by atoms with E-state index in [1.807, 2.05) is 18.7 Å². The summed E-state index contributed by atoms with van der Waals surface area (Å²) in [7, 11) is 0. The van der Waals surface area contributed by atoms with Crippen molar-refractivity contribution in [2.45, 2.75) is 39.8 Å². The molecule has 0 unspecified atom stereocenters. The molecule has 1 aliphatic heterocycles. The Bertz CT molecular complexity index is 379. The second kappa shape index (κ2) is 6.12. The molecule has 0 spiro atoms. The summed E-state index contributed by atoms with van der Waals surface area (Å²) in [5.41, 5.74) is 0.461. The van der Waals surface area contributed by atoms with E-state index in [-0.39, 0.29) is 5.56 Å². The summed E-state index contributed by atoms with van der Waals surface area (Å²) in [6, 6.07) is 4.59. The fourth-order valence-corrected chi connectivity index (χ4v) is 2.09. The lowest BCUT2D eigenvalue weighted by molar-refractivity contribution is -0.138. The van der Waals surface area contributed by atoms with Crippen LogP contribution in [0.4, 0.5) is 18.9 Å². The summed E-state index contributed by atoms with van der Waals surface area (Å²) in [6.45, 7) is 7.22. The van der Waals surface area contributed by atoms with Gasteiger partial charge in [-0.3, -0.25) is 0 Å². The maximum absolute atomic E-state index is 12.7. The average Bonchev–Trinajstić information content (AvgIpc) is 2.84. The third-order valence-corrected chi connectivity index (χ3v) is 3.00. The van der Waals surface area contributed by atoms with Gasteiger partial charge in [-0.2, -0.15) is 13.2 Å². The van der Waals surface area contributed by atoms with Gasteiger partial charge in [0, 0.05) is 18.8 Å². The summed E-state index contributed by atoms with van der Waals surface area (Å²) in [5, 5.41) is 0. The number of aryl methyl sites for hydroxylation is 1. The van der Waals surface area contributed by atoms with Gasteiger partial charge in [0.05, 0.1) is 5.56 Å². The number of rotatable bonds is 1. The molecule has 0 atom stereocenters. The molecule has 0 saturated carbocycles. The van der Waals surface area contributed by atoms with Gasteiger partial charge in [-0.05, 0) is 37.5 Å². The topological polar surface area (TPSA) is 3.24 Å². The van der Waals surface area contributed by atoms with Crippen LogP contribution in [0.25, 0.3) is 0 Å². The van der Waals surface area contributed by atoms with Gasteiger partial charge in [0.1, 0.15) is 0 Å². The molecule has 1 fully saturated rings. The number of hydrogen-bond acceptors (Lipinski definition) is 1. The molecule has 0 aliphatic carbocycles. The Morgan fingerprint density at radius 2 is 1.61 bits per heavy atom. The molecule has 1 aromatic carbocycles. The van der Waals surface area contributed by atoms with Crippen LogP contribution < -0.4 is 4.90 Å². The van der Waals surface area contributed by atoms with Crippen LogP contribution in [0.1, 0.15) is 37.8 Å². The van der Waals surface area contributed by atoms with E-state index in [1.54, 1.807) is 12.1 Å². The smallest absolute Gasteiger partial charge is 0.372 e. The van der Waals surface area contributed by atoms with Gasteiger partial charge >= 0.3 is 6.18 Å². The van der Waals surface area contributed by atoms with E-state index >= 15 is 0 Å². The minimum atomic E-state index is -4.25. The van der Waals surface area contributed by atoms with E-state index in [1.165, 1.54) is 13.0 Å². The first-order valence-corrected chi connectivity index (χ1v) is 6.41. The Morgan fingerprint density at radius 1 is 1.06 bits per heavy atom. The van der Waals surface area contributed by atoms with Crippen LogP contribution in [-0.4, -0.2) is 13.1 Å². The van der Waals surface area contributed by atoms with Crippen LogP contribution in [0.2, 0.25) is 0 Å². The molecule has 1 nitrogen and oxygen atoms in total. The molecule has 1 heterocycles. The van der Waals surface area contributed by atoms with Crippen molar-refractivity contribution in [3.05, 3.63) is 29.3 Å². The van der Waals surface area contributed by atoms with Crippen molar-refractivity contribution in [2.75, 3.05) is 18.0 Å².